The number of aromatic hydroxyl groups is 2. The van der Waals surface area contributed by atoms with Crippen molar-refractivity contribution in [2.24, 2.45) is 0 Å². The maximum absolute atomic E-state index is 14.5. The number of hydrogen-bond acceptors (Lipinski definition) is 6. The van der Waals surface area contributed by atoms with Crippen LogP contribution in [-0.2, 0) is 20.7 Å². The molecule has 0 aliphatic carbocycles. The number of benzene rings is 2. The van der Waals surface area contributed by atoms with E-state index in [9.17, 15) is 24.6 Å². The van der Waals surface area contributed by atoms with Crippen LogP contribution in [0.4, 0.5) is 4.79 Å². The number of aryl methyl sites for hydroxylation is 1. The van der Waals surface area contributed by atoms with E-state index >= 15 is 0 Å². The minimum atomic E-state index is -1.14. The normalized spacial score (nSPS) is 13.5. The van der Waals surface area contributed by atoms with Crippen LogP contribution in [0.15, 0.2) is 42.5 Å². The molecule has 3 atom stereocenters. The zero-order chi connectivity index (χ0) is 30.7. The van der Waals surface area contributed by atoms with Crippen LogP contribution in [-0.4, -0.2) is 57.3 Å². The average molecular weight is 570 g/mol. The van der Waals surface area contributed by atoms with Crippen molar-refractivity contribution in [1.29, 1.82) is 0 Å². The molecule has 9 nitrogen and oxygen atoms in total. The van der Waals surface area contributed by atoms with E-state index in [2.05, 4.69) is 17.6 Å². The number of unbranched alkanes of at least 4 members (excludes halogenated alkanes) is 2. The molecule has 9 heteroatoms. The van der Waals surface area contributed by atoms with Gasteiger partial charge in [-0.1, -0.05) is 57.0 Å². The van der Waals surface area contributed by atoms with Gasteiger partial charge in [-0.05, 0) is 70.7 Å². The summed E-state index contributed by atoms with van der Waals surface area (Å²) in [5, 5.41) is 26.5. The Morgan fingerprint density at radius 1 is 1.00 bits per heavy atom. The molecular weight excluding hydrogens is 522 g/mol. The van der Waals surface area contributed by atoms with E-state index in [4.69, 9.17) is 4.74 Å². The summed E-state index contributed by atoms with van der Waals surface area (Å²) >= 11 is 0. The van der Waals surface area contributed by atoms with Crippen molar-refractivity contribution in [1.82, 2.24) is 15.5 Å². The number of nitrogens with one attached hydrogen (secondary N) is 2. The molecule has 0 radical (unpaired) electrons. The molecule has 41 heavy (non-hydrogen) atoms. The third-order valence-corrected chi connectivity index (χ3v) is 6.86. The van der Waals surface area contributed by atoms with Crippen LogP contribution in [0.25, 0.3) is 0 Å². The lowest BCUT2D eigenvalue weighted by molar-refractivity contribution is -0.145. The fourth-order valence-electron chi connectivity index (χ4n) is 4.50. The Kier molecular flexibility index (Phi) is 12.5. The fourth-order valence-corrected chi connectivity index (χ4v) is 4.50. The highest BCUT2D eigenvalue weighted by atomic mass is 16.6. The van der Waals surface area contributed by atoms with Crippen LogP contribution in [0.2, 0.25) is 0 Å². The number of carbonyl (C=O) groups excluding carboxylic acids is 3. The maximum atomic E-state index is 14.5. The number of para-hydroxylation sites is 1. The van der Waals surface area contributed by atoms with Gasteiger partial charge in [0.1, 0.15) is 29.2 Å². The number of rotatable bonds is 13. The molecule has 2 aromatic carbocycles. The lowest BCUT2D eigenvalue weighted by atomic mass is 9.96. The van der Waals surface area contributed by atoms with Crippen LogP contribution < -0.4 is 10.6 Å². The summed E-state index contributed by atoms with van der Waals surface area (Å²) < 4.78 is 5.47. The van der Waals surface area contributed by atoms with Gasteiger partial charge in [0.05, 0.1) is 0 Å². The highest BCUT2D eigenvalue weighted by Gasteiger charge is 2.39. The molecule has 0 aromatic heterocycles. The number of ether oxygens (including phenoxy) is 1. The van der Waals surface area contributed by atoms with Gasteiger partial charge in [0, 0.05) is 24.6 Å². The number of phenols is 2. The van der Waals surface area contributed by atoms with Crippen molar-refractivity contribution < 1.29 is 29.3 Å². The van der Waals surface area contributed by atoms with Gasteiger partial charge in [-0.15, -0.1) is 0 Å². The van der Waals surface area contributed by atoms with E-state index in [1.54, 1.807) is 58.0 Å². The summed E-state index contributed by atoms with van der Waals surface area (Å²) in [5.74, 6) is -0.880. The minimum absolute atomic E-state index is 0.0579. The molecular formula is C32H47N3O6. The summed E-state index contributed by atoms with van der Waals surface area (Å²) in [6, 6.07) is 8.84. The van der Waals surface area contributed by atoms with Crippen molar-refractivity contribution in [3.05, 3.63) is 59.2 Å². The lowest BCUT2D eigenvalue weighted by Crippen LogP contribution is -2.56. The monoisotopic (exact) mass is 569 g/mol. The van der Waals surface area contributed by atoms with Gasteiger partial charge >= 0.3 is 6.09 Å². The first-order valence-corrected chi connectivity index (χ1v) is 14.4. The molecule has 3 unspecified atom stereocenters. The van der Waals surface area contributed by atoms with Crippen molar-refractivity contribution in [3.8, 4) is 11.5 Å². The number of amides is 3. The van der Waals surface area contributed by atoms with E-state index < -0.39 is 41.6 Å². The fraction of sp³-hybridized carbons (Fsp3) is 0.531. The van der Waals surface area contributed by atoms with Crippen molar-refractivity contribution in [2.75, 3.05) is 6.54 Å². The molecule has 4 N–H and O–H groups in total. The molecule has 0 aliphatic rings. The Morgan fingerprint density at radius 2 is 1.66 bits per heavy atom. The van der Waals surface area contributed by atoms with E-state index in [1.165, 1.54) is 17.0 Å². The first-order chi connectivity index (χ1) is 19.3. The molecule has 0 saturated heterocycles. The Hall–Kier alpha value is -3.75. The second-order valence-corrected chi connectivity index (χ2v) is 11.5. The standard InChI is InChI=1S/C32H47N3O6/c1-8-10-11-19-33-29(38)27(25-14-12-13-21(3)28(25)37)35(22(4)9-2)30(39)26(34-31(40)41-32(5,6)7)20-23-15-17-24(36)18-16-23/h12-18,22,26-27,36-37H,8-11,19-20H2,1-7H3,(H,33,38)(H,34,40). The zero-order valence-electron chi connectivity index (χ0n) is 25.5. The summed E-state index contributed by atoms with van der Waals surface area (Å²) in [7, 11) is 0. The van der Waals surface area contributed by atoms with E-state index in [1.807, 2.05) is 13.8 Å². The molecule has 226 valence electrons. The topological polar surface area (TPSA) is 128 Å². The van der Waals surface area contributed by atoms with Crippen molar-refractivity contribution in [3.63, 3.8) is 0 Å². The minimum Gasteiger partial charge on any atom is -0.508 e. The Morgan fingerprint density at radius 3 is 2.24 bits per heavy atom. The summed E-state index contributed by atoms with van der Waals surface area (Å²) in [5.41, 5.74) is 0.795. The Labute approximate surface area is 244 Å². The lowest BCUT2D eigenvalue weighted by Gasteiger charge is -2.38. The highest BCUT2D eigenvalue weighted by molar-refractivity contribution is 5.93. The number of phenolic OH excluding ortho intramolecular Hbond substituents is 2. The van der Waals surface area contributed by atoms with Crippen LogP contribution in [0.3, 0.4) is 0 Å². The smallest absolute Gasteiger partial charge is 0.408 e. The van der Waals surface area contributed by atoms with Crippen molar-refractivity contribution >= 4 is 17.9 Å². The summed E-state index contributed by atoms with van der Waals surface area (Å²) in [4.78, 5) is 42.6. The Balaban J connectivity index is 2.60. The zero-order valence-corrected chi connectivity index (χ0v) is 25.5. The maximum Gasteiger partial charge on any atom is 0.408 e. The molecule has 0 aliphatic heterocycles. The van der Waals surface area contributed by atoms with Gasteiger partial charge in [0.2, 0.25) is 11.8 Å². The second-order valence-electron chi connectivity index (χ2n) is 11.5. The van der Waals surface area contributed by atoms with Crippen LogP contribution in [0.1, 0.15) is 90.0 Å². The van der Waals surface area contributed by atoms with Gasteiger partial charge in [-0.2, -0.15) is 0 Å². The molecule has 0 bridgehead atoms. The van der Waals surface area contributed by atoms with Crippen molar-refractivity contribution in [2.45, 2.75) is 104 Å². The highest BCUT2D eigenvalue weighted by Crippen LogP contribution is 2.34. The number of nitrogens with zero attached hydrogens (tertiary/aromatic N) is 1. The third-order valence-electron chi connectivity index (χ3n) is 6.86. The molecule has 2 aromatic rings. The largest absolute Gasteiger partial charge is 0.508 e. The van der Waals surface area contributed by atoms with Crippen LogP contribution >= 0.6 is 0 Å². The number of carbonyl (C=O) groups is 3. The van der Waals surface area contributed by atoms with E-state index in [0.29, 0.717) is 29.7 Å². The van der Waals surface area contributed by atoms with E-state index in [0.717, 1.165) is 19.3 Å². The predicted molar refractivity (Wildman–Crippen MR) is 160 cm³/mol. The predicted octanol–water partition coefficient (Wildman–Crippen LogP) is 5.52. The van der Waals surface area contributed by atoms with Gasteiger partial charge in [0.25, 0.3) is 0 Å². The van der Waals surface area contributed by atoms with E-state index in [-0.39, 0.29) is 17.9 Å². The average Bonchev–Trinajstić information content (AvgIpc) is 2.90. The quantitative estimate of drug-likeness (QED) is 0.235. The van der Waals surface area contributed by atoms with Crippen LogP contribution in [0.5, 0.6) is 11.5 Å². The first-order valence-electron chi connectivity index (χ1n) is 14.4. The van der Waals surface area contributed by atoms with Crippen LogP contribution in [0, 0.1) is 6.92 Å². The molecule has 2 rings (SSSR count). The Bertz CT molecular complexity index is 1160. The molecule has 0 fully saturated rings. The summed E-state index contributed by atoms with van der Waals surface area (Å²) in [6.07, 6.45) is 2.58. The first kappa shape index (κ1) is 33.5. The van der Waals surface area contributed by atoms with Gasteiger partial charge in [-0.25, -0.2) is 4.79 Å². The SMILES string of the molecule is CCCCCNC(=O)C(c1cccc(C)c1O)N(C(=O)C(Cc1ccc(O)cc1)NC(=O)OC(C)(C)C)C(C)CC. The van der Waals surface area contributed by atoms with Gasteiger partial charge in [-0.3, -0.25) is 9.59 Å². The van der Waals surface area contributed by atoms with Gasteiger partial charge in [0.15, 0.2) is 0 Å². The second kappa shape index (κ2) is 15.3. The molecule has 0 spiro atoms. The molecule has 3 amide bonds. The molecule has 0 heterocycles. The third kappa shape index (κ3) is 9.99. The number of hydrogen-bond donors (Lipinski definition) is 4. The summed E-state index contributed by atoms with van der Waals surface area (Å²) in [6.45, 7) is 13.2. The number of alkyl carbamates (subject to hydrolysis) is 1. The molecule has 0 saturated carbocycles. The van der Waals surface area contributed by atoms with Gasteiger partial charge < -0.3 is 30.5 Å².